The third-order valence-electron chi connectivity index (χ3n) is 4.52. The Bertz CT molecular complexity index is 1010. The molecule has 2 N–H and O–H groups in total. The minimum atomic E-state index is -0.502. The minimum Gasteiger partial charge on any atom is -0.349 e. The number of hydrogen-bond donors (Lipinski definition) is 2. The van der Waals surface area contributed by atoms with Gasteiger partial charge in [0, 0.05) is 36.6 Å². The molecule has 28 heavy (non-hydrogen) atoms. The van der Waals surface area contributed by atoms with Crippen LogP contribution in [0.15, 0.2) is 48.8 Å². The molecule has 142 valence electrons. The van der Waals surface area contributed by atoms with Crippen molar-refractivity contribution in [3.63, 3.8) is 0 Å². The lowest BCUT2D eigenvalue weighted by molar-refractivity contribution is -0.126. The third-order valence-corrected chi connectivity index (χ3v) is 4.52. The van der Waals surface area contributed by atoms with Crippen LogP contribution in [0.25, 0.3) is 11.4 Å². The quantitative estimate of drug-likeness (QED) is 0.701. The van der Waals surface area contributed by atoms with E-state index in [0.29, 0.717) is 17.3 Å². The fourth-order valence-electron chi connectivity index (χ4n) is 3.10. The van der Waals surface area contributed by atoms with E-state index in [1.165, 1.54) is 23.1 Å². The number of amides is 2. The van der Waals surface area contributed by atoms with Gasteiger partial charge in [-0.05, 0) is 30.3 Å². The molecular weight excluding hydrogens is 363 g/mol. The normalized spacial score (nSPS) is 16.4. The van der Waals surface area contributed by atoms with E-state index < -0.39 is 11.7 Å². The van der Waals surface area contributed by atoms with Crippen molar-refractivity contribution in [3.05, 3.63) is 60.4 Å². The van der Waals surface area contributed by atoms with E-state index >= 15 is 0 Å². The first-order valence-corrected chi connectivity index (χ1v) is 8.75. The van der Waals surface area contributed by atoms with Gasteiger partial charge in [-0.25, -0.2) is 9.37 Å². The van der Waals surface area contributed by atoms with Gasteiger partial charge in [0.15, 0.2) is 5.82 Å². The maximum absolute atomic E-state index is 13.4. The summed E-state index contributed by atoms with van der Waals surface area (Å²) in [7, 11) is 0. The number of halogens is 1. The Morgan fingerprint density at radius 1 is 1.29 bits per heavy atom. The molecule has 1 aromatic carbocycles. The van der Waals surface area contributed by atoms with Crippen LogP contribution in [0.5, 0.6) is 0 Å². The molecule has 1 aliphatic rings. The monoisotopic (exact) mass is 380 g/mol. The number of rotatable bonds is 5. The third kappa shape index (κ3) is 3.73. The maximum atomic E-state index is 13.4. The SMILES string of the molecule is O=C(NCc1nc(-c2ccncc2)n[nH]1)[C@@H]1CC(=O)N(c2cccc(F)c2)C1. The highest BCUT2D eigenvalue weighted by Crippen LogP contribution is 2.25. The number of anilines is 1. The van der Waals surface area contributed by atoms with Crippen LogP contribution in [0.4, 0.5) is 10.1 Å². The molecule has 2 amide bonds. The molecule has 0 spiro atoms. The molecule has 1 atom stereocenters. The molecule has 9 heteroatoms. The van der Waals surface area contributed by atoms with Crippen molar-refractivity contribution in [2.75, 3.05) is 11.4 Å². The minimum absolute atomic E-state index is 0.0843. The standard InChI is InChI=1S/C19H17FN6O2/c20-14-2-1-3-15(9-14)26-11-13(8-17(26)27)19(28)22-10-16-23-18(25-24-16)12-4-6-21-7-5-12/h1-7,9,13H,8,10-11H2,(H,22,28)(H,23,24,25)/t13-/m1/s1. The average molecular weight is 380 g/mol. The summed E-state index contributed by atoms with van der Waals surface area (Å²) in [5, 5.41) is 9.68. The number of aromatic nitrogens is 4. The van der Waals surface area contributed by atoms with E-state index in [4.69, 9.17) is 0 Å². The lowest BCUT2D eigenvalue weighted by atomic mass is 10.1. The predicted octanol–water partition coefficient (Wildman–Crippen LogP) is 1.68. The number of aromatic amines is 1. The molecule has 0 radical (unpaired) electrons. The number of carbonyl (C=O) groups is 2. The zero-order valence-corrected chi connectivity index (χ0v) is 14.8. The molecule has 4 rings (SSSR count). The van der Waals surface area contributed by atoms with Gasteiger partial charge >= 0.3 is 0 Å². The van der Waals surface area contributed by atoms with Gasteiger partial charge in [0.25, 0.3) is 0 Å². The molecule has 1 aliphatic heterocycles. The molecule has 1 saturated heterocycles. The van der Waals surface area contributed by atoms with Gasteiger partial charge < -0.3 is 10.2 Å². The molecule has 0 aliphatic carbocycles. The van der Waals surface area contributed by atoms with E-state index in [1.54, 1.807) is 30.6 Å². The molecule has 3 heterocycles. The van der Waals surface area contributed by atoms with Crippen LogP contribution in [0.2, 0.25) is 0 Å². The lowest BCUT2D eigenvalue weighted by Gasteiger charge is -2.16. The first kappa shape index (κ1) is 17.8. The van der Waals surface area contributed by atoms with Gasteiger partial charge in [-0.15, -0.1) is 0 Å². The summed E-state index contributed by atoms with van der Waals surface area (Å²) >= 11 is 0. The van der Waals surface area contributed by atoms with Crippen LogP contribution in [-0.2, 0) is 16.1 Å². The van der Waals surface area contributed by atoms with Crippen molar-refractivity contribution in [3.8, 4) is 11.4 Å². The average Bonchev–Trinajstić information content (AvgIpc) is 3.34. The highest BCUT2D eigenvalue weighted by Gasteiger charge is 2.35. The highest BCUT2D eigenvalue weighted by molar-refractivity contribution is 6.00. The molecule has 8 nitrogen and oxygen atoms in total. The summed E-state index contributed by atoms with van der Waals surface area (Å²) in [6.07, 6.45) is 3.38. The second-order valence-corrected chi connectivity index (χ2v) is 6.44. The zero-order valence-electron chi connectivity index (χ0n) is 14.8. The fourth-order valence-corrected chi connectivity index (χ4v) is 3.10. The van der Waals surface area contributed by atoms with Gasteiger partial charge in [-0.2, -0.15) is 5.10 Å². The van der Waals surface area contributed by atoms with Crippen LogP contribution >= 0.6 is 0 Å². The Labute approximate surface area is 159 Å². The van der Waals surface area contributed by atoms with E-state index in [0.717, 1.165) is 5.56 Å². The van der Waals surface area contributed by atoms with Crippen LogP contribution in [0.3, 0.4) is 0 Å². The molecule has 3 aromatic rings. The van der Waals surface area contributed by atoms with Crippen molar-refractivity contribution in [2.45, 2.75) is 13.0 Å². The van der Waals surface area contributed by atoms with E-state index in [1.807, 2.05) is 0 Å². The Balaban J connectivity index is 1.36. The topological polar surface area (TPSA) is 104 Å². The summed E-state index contributed by atoms with van der Waals surface area (Å²) in [5.74, 6) is -0.363. The van der Waals surface area contributed by atoms with E-state index in [9.17, 15) is 14.0 Å². The molecule has 0 bridgehead atoms. The second-order valence-electron chi connectivity index (χ2n) is 6.44. The molecule has 2 aromatic heterocycles. The summed E-state index contributed by atoms with van der Waals surface area (Å²) in [5.41, 5.74) is 1.27. The van der Waals surface area contributed by atoms with Gasteiger partial charge in [0.05, 0.1) is 12.5 Å². The molecule has 1 fully saturated rings. The van der Waals surface area contributed by atoms with Crippen LogP contribution in [-0.4, -0.2) is 38.5 Å². The van der Waals surface area contributed by atoms with Gasteiger partial charge in [0.2, 0.25) is 11.8 Å². The van der Waals surface area contributed by atoms with Crippen molar-refractivity contribution in [1.29, 1.82) is 0 Å². The van der Waals surface area contributed by atoms with Gasteiger partial charge in [-0.3, -0.25) is 19.7 Å². The van der Waals surface area contributed by atoms with Crippen molar-refractivity contribution < 1.29 is 14.0 Å². The van der Waals surface area contributed by atoms with Crippen LogP contribution in [0.1, 0.15) is 12.2 Å². The van der Waals surface area contributed by atoms with Crippen LogP contribution < -0.4 is 10.2 Å². The summed E-state index contributed by atoms with van der Waals surface area (Å²) in [4.78, 5) is 34.4. The molecular formula is C19H17FN6O2. The lowest BCUT2D eigenvalue weighted by Crippen LogP contribution is -2.32. The van der Waals surface area contributed by atoms with Gasteiger partial charge in [0.1, 0.15) is 11.6 Å². The fraction of sp³-hybridized carbons (Fsp3) is 0.211. The number of carbonyl (C=O) groups excluding carboxylic acids is 2. The van der Waals surface area contributed by atoms with Crippen molar-refractivity contribution in [2.24, 2.45) is 5.92 Å². The van der Waals surface area contributed by atoms with E-state index in [-0.39, 0.29) is 31.3 Å². The summed E-state index contributed by atoms with van der Waals surface area (Å²) in [6, 6.07) is 9.36. The van der Waals surface area contributed by atoms with Crippen molar-refractivity contribution in [1.82, 2.24) is 25.5 Å². The van der Waals surface area contributed by atoms with Gasteiger partial charge in [-0.1, -0.05) is 6.07 Å². The number of benzene rings is 1. The Morgan fingerprint density at radius 3 is 2.89 bits per heavy atom. The largest absolute Gasteiger partial charge is 0.349 e. The summed E-state index contributed by atoms with van der Waals surface area (Å²) in [6.45, 7) is 0.383. The Kier molecular flexibility index (Phi) is 4.79. The second kappa shape index (κ2) is 7.55. The first-order valence-electron chi connectivity index (χ1n) is 8.75. The molecule has 0 unspecified atom stereocenters. The number of pyridine rings is 1. The predicted molar refractivity (Wildman–Crippen MR) is 98.3 cm³/mol. The highest BCUT2D eigenvalue weighted by atomic mass is 19.1. The molecule has 0 saturated carbocycles. The zero-order chi connectivity index (χ0) is 19.5. The smallest absolute Gasteiger partial charge is 0.227 e. The number of nitrogens with zero attached hydrogens (tertiary/aromatic N) is 4. The Hall–Kier alpha value is -3.62. The first-order chi connectivity index (χ1) is 13.6. The number of H-pyrrole nitrogens is 1. The van der Waals surface area contributed by atoms with E-state index in [2.05, 4.69) is 25.5 Å². The summed E-state index contributed by atoms with van der Waals surface area (Å²) < 4.78 is 13.4. The Morgan fingerprint density at radius 2 is 2.11 bits per heavy atom. The maximum Gasteiger partial charge on any atom is 0.227 e. The van der Waals surface area contributed by atoms with Crippen molar-refractivity contribution >= 4 is 17.5 Å². The number of nitrogens with one attached hydrogen (secondary N) is 2. The number of hydrogen-bond acceptors (Lipinski definition) is 5. The van der Waals surface area contributed by atoms with Crippen LogP contribution in [0, 0.1) is 11.7 Å².